The van der Waals surface area contributed by atoms with Crippen molar-refractivity contribution in [2.45, 2.75) is 26.3 Å². The second-order valence-corrected chi connectivity index (χ2v) is 6.05. The predicted octanol–water partition coefficient (Wildman–Crippen LogP) is 2.55. The van der Waals surface area contributed by atoms with Crippen LogP contribution in [0.5, 0.6) is 0 Å². The van der Waals surface area contributed by atoms with Gasteiger partial charge in [-0.05, 0) is 37.6 Å². The van der Waals surface area contributed by atoms with E-state index in [-0.39, 0.29) is 5.82 Å². The molecular formula is C17H23FN6. The van der Waals surface area contributed by atoms with E-state index in [2.05, 4.69) is 44.1 Å². The molecule has 1 saturated heterocycles. The van der Waals surface area contributed by atoms with Gasteiger partial charge in [0.25, 0.3) is 0 Å². The van der Waals surface area contributed by atoms with E-state index in [0.29, 0.717) is 12.0 Å². The minimum absolute atomic E-state index is 0.206. The molecule has 2 heterocycles. The van der Waals surface area contributed by atoms with E-state index >= 15 is 0 Å². The van der Waals surface area contributed by atoms with Crippen molar-refractivity contribution in [1.29, 1.82) is 0 Å². The Kier molecular flexibility index (Phi) is 5.08. The number of nitrogens with one attached hydrogen (secondary N) is 1. The first-order valence-corrected chi connectivity index (χ1v) is 8.37. The smallest absolute Gasteiger partial charge is 0.247 e. The van der Waals surface area contributed by atoms with Crippen LogP contribution in [-0.2, 0) is 0 Å². The van der Waals surface area contributed by atoms with Gasteiger partial charge in [-0.25, -0.2) is 4.39 Å². The zero-order valence-corrected chi connectivity index (χ0v) is 14.1. The van der Waals surface area contributed by atoms with Crippen LogP contribution >= 0.6 is 0 Å². The number of anilines is 3. The van der Waals surface area contributed by atoms with E-state index < -0.39 is 0 Å². The highest BCUT2D eigenvalue weighted by Gasteiger charge is 2.20. The molecule has 128 valence electrons. The van der Waals surface area contributed by atoms with E-state index in [1.165, 1.54) is 12.1 Å². The fourth-order valence-corrected chi connectivity index (χ4v) is 2.67. The Morgan fingerprint density at radius 2 is 1.79 bits per heavy atom. The maximum absolute atomic E-state index is 13.0. The van der Waals surface area contributed by atoms with Crippen molar-refractivity contribution in [3.8, 4) is 0 Å². The molecule has 7 heteroatoms. The van der Waals surface area contributed by atoms with Gasteiger partial charge in [-0.3, -0.25) is 0 Å². The normalized spacial score (nSPS) is 16.1. The topological polar surface area (TPSA) is 57.2 Å². The predicted molar refractivity (Wildman–Crippen MR) is 94.0 cm³/mol. The van der Waals surface area contributed by atoms with Crippen LogP contribution in [0.1, 0.15) is 20.3 Å². The van der Waals surface area contributed by atoms with Gasteiger partial charge in [0.05, 0.1) is 6.20 Å². The summed E-state index contributed by atoms with van der Waals surface area (Å²) in [7, 11) is 0. The molecule has 0 radical (unpaired) electrons. The fourth-order valence-electron chi connectivity index (χ4n) is 2.67. The Morgan fingerprint density at radius 1 is 1.12 bits per heavy atom. The van der Waals surface area contributed by atoms with E-state index in [0.717, 1.165) is 44.1 Å². The van der Waals surface area contributed by atoms with Crippen LogP contribution in [0, 0.1) is 5.82 Å². The summed E-state index contributed by atoms with van der Waals surface area (Å²) in [6.45, 7) is 7.55. The molecule has 24 heavy (non-hydrogen) atoms. The highest BCUT2D eigenvalue weighted by Crippen LogP contribution is 2.19. The van der Waals surface area contributed by atoms with Crippen molar-refractivity contribution in [3.63, 3.8) is 0 Å². The lowest BCUT2D eigenvalue weighted by atomic mass is 10.2. The van der Waals surface area contributed by atoms with Gasteiger partial charge < -0.3 is 15.1 Å². The summed E-state index contributed by atoms with van der Waals surface area (Å²) in [5.74, 6) is 1.21. The number of rotatable bonds is 5. The van der Waals surface area contributed by atoms with Crippen molar-refractivity contribution < 1.29 is 4.39 Å². The molecule has 0 spiro atoms. The number of aromatic nitrogens is 3. The maximum Gasteiger partial charge on any atom is 0.247 e. The molecule has 0 aliphatic carbocycles. The molecular weight excluding hydrogens is 307 g/mol. The summed E-state index contributed by atoms with van der Waals surface area (Å²) < 4.78 is 13.0. The molecule has 1 aliphatic rings. The van der Waals surface area contributed by atoms with Crippen molar-refractivity contribution >= 4 is 17.5 Å². The highest BCUT2D eigenvalue weighted by molar-refractivity contribution is 5.49. The minimum atomic E-state index is -0.206. The van der Waals surface area contributed by atoms with E-state index in [1.807, 2.05) is 12.1 Å². The largest absolute Gasteiger partial charge is 0.368 e. The van der Waals surface area contributed by atoms with Crippen LogP contribution in [0.3, 0.4) is 0 Å². The van der Waals surface area contributed by atoms with Crippen molar-refractivity contribution in [2.75, 3.05) is 41.3 Å². The lowest BCUT2D eigenvalue weighted by Gasteiger charge is -2.36. The van der Waals surface area contributed by atoms with E-state index in [4.69, 9.17) is 0 Å². The third kappa shape index (κ3) is 3.90. The number of benzene rings is 1. The average molecular weight is 330 g/mol. The summed E-state index contributed by atoms with van der Waals surface area (Å²) in [4.78, 5) is 8.94. The molecule has 1 N–H and O–H groups in total. The first-order chi connectivity index (χ1) is 11.7. The standard InChI is InChI=1S/C17H23FN6/c1-3-13(2)20-16-12-19-22-17(21-16)24-10-8-23(9-11-24)15-6-4-14(18)5-7-15/h4-7,12-13H,3,8-11H2,1-2H3,(H,20,21,22). The number of piperazine rings is 1. The molecule has 1 aromatic heterocycles. The van der Waals surface area contributed by atoms with Gasteiger partial charge in [-0.2, -0.15) is 10.1 Å². The van der Waals surface area contributed by atoms with Crippen LogP contribution in [0.4, 0.5) is 21.8 Å². The first kappa shape index (κ1) is 16.4. The number of nitrogens with zero attached hydrogens (tertiary/aromatic N) is 5. The van der Waals surface area contributed by atoms with Gasteiger partial charge in [0.15, 0.2) is 5.82 Å². The average Bonchev–Trinajstić information content (AvgIpc) is 2.63. The van der Waals surface area contributed by atoms with Crippen LogP contribution < -0.4 is 15.1 Å². The lowest BCUT2D eigenvalue weighted by molar-refractivity contribution is 0.621. The molecule has 1 aromatic carbocycles. The molecule has 0 amide bonds. The Labute approximate surface area is 141 Å². The van der Waals surface area contributed by atoms with E-state index in [9.17, 15) is 4.39 Å². The molecule has 1 fully saturated rings. The first-order valence-electron chi connectivity index (χ1n) is 8.37. The van der Waals surface area contributed by atoms with Gasteiger partial charge in [0.2, 0.25) is 5.95 Å². The monoisotopic (exact) mass is 330 g/mol. The van der Waals surface area contributed by atoms with Gasteiger partial charge in [0, 0.05) is 37.9 Å². The molecule has 0 bridgehead atoms. The molecule has 3 rings (SSSR count). The molecule has 2 aromatic rings. The zero-order valence-electron chi connectivity index (χ0n) is 14.1. The van der Waals surface area contributed by atoms with Crippen molar-refractivity contribution in [3.05, 3.63) is 36.3 Å². The lowest BCUT2D eigenvalue weighted by Crippen LogP contribution is -2.47. The Bertz CT molecular complexity index is 654. The number of halogens is 1. The summed E-state index contributed by atoms with van der Waals surface area (Å²) in [6, 6.07) is 6.99. The number of hydrogen-bond donors (Lipinski definition) is 1. The second-order valence-electron chi connectivity index (χ2n) is 6.05. The second kappa shape index (κ2) is 7.42. The Hall–Kier alpha value is -2.44. The SMILES string of the molecule is CCC(C)Nc1cnnc(N2CCN(c3ccc(F)cc3)CC2)n1. The summed E-state index contributed by atoms with van der Waals surface area (Å²) in [6.07, 6.45) is 2.68. The van der Waals surface area contributed by atoms with Gasteiger partial charge in [-0.15, -0.1) is 5.10 Å². The van der Waals surface area contributed by atoms with Crippen molar-refractivity contribution in [2.24, 2.45) is 0 Å². The summed E-state index contributed by atoms with van der Waals surface area (Å²) in [5.41, 5.74) is 1.04. The third-order valence-corrected chi connectivity index (χ3v) is 4.31. The van der Waals surface area contributed by atoms with Gasteiger partial charge >= 0.3 is 0 Å². The van der Waals surface area contributed by atoms with Crippen LogP contribution in [0.2, 0.25) is 0 Å². The third-order valence-electron chi connectivity index (χ3n) is 4.31. The molecule has 1 atom stereocenters. The minimum Gasteiger partial charge on any atom is -0.368 e. The Morgan fingerprint density at radius 3 is 2.46 bits per heavy atom. The van der Waals surface area contributed by atoms with Crippen LogP contribution in [0.15, 0.2) is 30.5 Å². The van der Waals surface area contributed by atoms with Crippen LogP contribution in [0.25, 0.3) is 0 Å². The molecule has 1 unspecified atom stereocenters. The fraction of sp³-hybridized carbons (Fsp3) is 0.471. The van der Waals surface area contributed by atoms with Gasteiger partial charge in [-0.1, -0.05) is 6.92 Å². The Balaban J connectivity index is 1.62. The maximum atomic E-state index is 13.0. The molecule has 0 saturated carbocycles. The number of hydrogen-bond acceptors (Lipinski definition) is 6. The highest BCUT2D eigenvalue weighted by atomic mass is 19.1. The summed E-state index contributed by atoms with van der Waals surface area (Å²) in [5, 5.41) is 11.5. The quantitative estimate of drug-likeness (QED) is 0.909. The van der Waals surface area contributed by atoms with Crippen LogP contribution in [-0.4, -0.2) is 47.4 Å². The molecule has 6 nitrogen and oxygen atoms in total. The van der Waals surface area contributed by atoms with Crippen molar-refractivity contribution in [1.82, 2.24) is 15.2 Å². The molecule has 1 aliphatic heterocycles. The van der Waals surface area contributed by atoms with E-state index in [1.54, 1.807) is 6.20 Å². The zero-order chi connectivity index (χ0) is 16.9. The summed E-state index contributed by atoms with van der Waals surface area (Å²) >= 11 is 0. The van der Waals surface area contributed by atoms with Gasteiger partial charge in [0.1, 0.15) is 5.82 Å².